The number of amides is 3. The first-order chi connectivity index (χ1) is 15.3. The lowest BCUT2D eigenvalue weighted by atomic mass is 10.2. The Labute approximate surface area is 190 Å². The topological polar surface area (TPSA) is 122 Å². The molecular weight excluding hydrogens is 459 g/mol. The van der Waals surface area contributed by atoms with Gasteiger partial charge in [0.2, 0.25) is 5.91 Å². The molecule has 2 N–H and O–H groups in total. The maximum absolute atomic E-state index is 13.8. The fraction of sp³-hybridized carbons (Fsp3) is 0.100. The summed E-state index contributed by atoms with van der Waals surface area (Å²) in [7, 11) is 0. The molecule has 3 rings (SSSR count). The van der Waals surface area contributed by atoms with E-state index < -0.39 is 28.5 Å². The summed E-state index contributed by atoms with van der Waals surface area (Å²) >= 11 is 6.18. The molecule has 1 aliphatic rings. The molecule has 164 valence electrons. The van der Waals surface area contributed by atoms with Gasteiger partial charge in [0, 0.05) is 36.2 Å². The standard InChI is InChI=1S/C20H15FN4O5S2/c21-15-7-2-1-4-12(15)11-16-19(28)24(20(31)32-16)9-8-17(26)22-23-18(27)13-5-3-6-14(10-13)25(29)30/h1-7,10-11H,8-9H2,(H,22,26)(H,23,27)/b16-11-. The molecule has 9 nitrogen and oxygen atoms in total. The van der Waals surface area contributed by atoms with E-state index in [1.165, 1.54) is 47.4 Å². The van der Waals surface area contributed by atoms with E-state index >= 15 is 0 Å². The predicted octanol–water partition coefficient (Wildman–Crippen LogP) is 2.79. The van der Waals surface area contributed by atoms with E-state index in [9.17, 15) is 28.9 Å². The first-order valence-electron chi connectivity index (χ1n) is 9.10. The Kier molecular flexibility index (Phi) is 7.28. The van der Waals surface area contributed by atoms with Crippen LogP contribution in [0.3, 0.4) is 0 Å². The highest BCUT2D eigenvalue weighted by Crippen LogP contribution is 2.32. The minimum absolute atomic E-state index is 0.00489. The Morgan fingerprint density at radius 3 is 2.66 bits per heavy atom. The van der Waals surface area contributed by atoms with Gasteiger partial charge in [0.25, 0.3) is 17.5 Å². The summed E-state index contributed by atoms with van der Waals surface area (Å²) in [4.78, 5) is 48.3. The van der Waals surface area contributed by atoms with Gasteiger partial charge in [-0.1, -0.05) is 48.2 Å². The highest BCUT2D eigenvalue weighted by Gasteiger charge is 2.32. The van der Waals surface area contributed by atoms with E-state index in [1.54, 1.807) is 6.07 Å². The van der Waals surface area contributed by atoms with Gasteiger partial charge in [-0.2, -0.15) is 0 Å². The molecule has 0 bridgehead atoms. The van der Waals surface area contributed by atoms with Crippen LogP contribution < -0.4 is 10.9 Å². The third-order valence-corrected chi connectivity index (χ3v) is 5.64. The zero-order valence-electron chi connectivity index (χ0n) is 16.2. The molecule has 0 aromatic heterocycles. The quantitative estimate of drug-likeness (QED) is 0.286. The van der Waals surface area contributed by atoms with Crippen LogP contribution in [0.5, 0.6) is 0 Å². The van der Waals surface area contributed by atoms with Gasteiger partial charge in [0.15, 0.2) is 0 Å². The molecule has 0 radical (unpaired) electrons. The second-order valence-corrected chi connectivity index (χ2v) is 8.09. The zero-order chi connectivity index (χ0) is 23.3. The molecule has 2 aromatic rings. The minimum atomic E-state index is -0.736. The number of non-ortho nitro benzene ring substituents is 1. The molecule has 1 aliphatic heterocycles. The molecule has 1 heterocycles. The van der Waals surface area contributed by atoms with Crippen LogP contribution in [-0.2, 0) is 9.59 Å². The third-order valence-electron chi connectivity index (χ3n) is 4.26. The van der Waals surface area contributed by atoms with Crippen molar-refractivity contribution in [3.05, 3.63) is 80.5 Å². The molecule has 1 saturated heterocycles. The number of hydrogen-bond donors (Lipinski definition) is 2. The molecule has 3 amide bonds. The Balaban J connectivity index is 1.53. The number of hydrazine groups is 1. The van der Waals surface area contributed by atoms with Crippen LogP contribution in [0.4, 0.5) is 10.1 Å². The summed E-state index contributed by atoms with van der Waals surface area (Å²) in [5, 5.41) is 10.8. The van der Waals surface area contributed by atoms with Crippen molar-refractivity contribution >= 4 is 57.8 Å². The lowest BCUT2D eigenvalue weighted by molar-refractivity contribution is -0.384. The SMILES string of the molecule is O=C(CCN1C(=O)/C(=C/c2ccccc2F)SC1=S)NNC(=O)c1cccc([N+](=O)[O-])c1. The molecule has 0 saturated carbocycles. The van der Waals surface area contributed by atoms with Crippen LogP contribution in [0, 0.1) is 15.9 Å². The van der Waals surface area contributed by atoms with Gasteiger partial charge in [0.1, 0.15) is 10.1 Å². The van der Waals surface area contributed by atoms with E-state index in [0.29, 0.717) is 0 Å². The average Bonchev–Trinajstić information content (AvgIpc) is 3.04. The summed E-state index contributed by atoms with van der Waals surface area (Å²) in [5.74, 6) is -2.26. The van der Waals surface area contributed by atoms with Crippen LogP contribution in [0.1, 0.15) is 22.3 Å². The summed E-state index contributed by atoms with van der Waals surface area (Å²) in [6.45, 7) is -0.0439. The molecular formula is C20H15FN4O5S2. The van der Waals surface area contributed by atoms with Gasteiger partial charge in [0.05, 0.1) is 9.83 Å². The number of rotatable bonds is 6. The predicted molar refractivity (Wildman–Crippen MR) is 120 cm³/mol. The summed E-state index contributed by atoms with van der Waals surface area (Å²) in [6, 6.07) is 11.0. The highest BCUT2D eigenvalue weighted by molar-refractivity contribution is 8.26. The molecule has 0 unspecified atom stereocenters. The van der Waals surface area contributed by atoms with E-state index in [0.717, 1.165) is 17.8 Å². The smallest absolute Gasteiger partial charge is 0.270 e. The van der Waals surface area contributed by atoms with Crippen molar-refractivity contribution in [1.82, 2.24) is 15.8 Å². The Bertz CT molecular complexity index is 1150. The van der Waals surface area contributed by atoms with Gasteiger partial charge in [-0.25, -0.2) is 4.39 Å². The molecule has 1 fully saturated rings. The van der Waals surface area contributed by atoms with Crippen molar-refractivity contribution in [3.63, 3.8) is 0 Å². The largest absolute Gasteiger partial charge is 0.292 e. The molecule has 0 spiro atoms. The van der Waals surface area contributed by atoms with Crippen molar-refractivity contribution in [3.8, 4) is 0 Å². The van der Waals surface area contributed by atoms with Crippen LogP contribution in [0.15, 0.2) is 53.4 Å². The summed E-state index contributed by atoms with van der Waals surface area (Å²) in [6.07, 6.45) is 1.22. The number of nitro groups is 1. The van der Waals surface area contributed by atoms with Crippen molar-refractivity contribution in [2.45, 2.75) is 6.42 Å². The molecule has 0 atom stereocenters. The Morgan fingerprint density at radius 2 is 1.94 bits per heavy atom. The number of carbonyl (C=O) groups excluding carboxylic acids is 3. The van der Waals surface area contributed by atoms with Crippen LogP contribution in [0.25, 0.3) is 6.08 Å². The first-order valence-corrected chi connectivity index (χ1v) is 10.3. The number of carbonyl (C=O) groups is 3. The van der Waals surface area contributed by atoms with Gasteiger partial charge in [-0.05, 0) is 18.2 Å². The highest BCUT2D eigenvalue weighted by atomic mass is 32.2. The van der Waals surface area contributed by atoms with Gasteiger partial charge in [-0.15, -0.1) is 0 Å². The van der Waals surface area contributed by atoms with Crippen molar-refractivity contribution in [2.24, 2.45) is 0 Å². The number of thiocarbonyl (C=S) groups is 1. The number of thioether (sulfide) groups is 1. The number of nitro benzene ring substituents is 1. The molecule has 2 aromatic carbocycles. The van der Waals surface area contributed by atoms with Crippen molar-refractivity contribution < 1.29 is 23.7 Å². The number of benzene rings is 2. The van der Waals surface area contributed by atoms with Crippen molar-refractivity contribution in [2.75, 3.05) is 6.54 Å². The summed E-state index contributed by atoms with van der Waals surface area (Å²) < 4.78 is 14.0. The number of hydrogen-bond acceptors (Lipinski definition) is 7. The van der Waals surface area contributed by atoms with Crippen molar-refractivity contribution in [1.29, 1.82) is 0 Å². The third kappa shape index (κ3) is 5.53. The monoisotopic (exact) mass is 474 g/mol. The summed E-state index contributed by atoms with van der Waals surface area (Å²) in [5.41, 5.74) is 4.31. The van der Waals surface area contributed by atoms with Crippen LogP contribution >= 0.6 is 24.0 Å². The van der Waals surface area contributed by atoms with E-state index in [-0.39, 0.29) is 39.0 Å². The van der Waals surface area contributed by atoms with Crippen LogP contribution in [0.2, 0.25) is 0 Å². The number of halogens is 1. The van der Waals surface area contributed by atoms with E-state index in [1.807, 2.05) is 0 Å². The molecule has 32 heavy (non-hydrogen) atoms. The second-order valence-electron chi connectivity index (χ2n) is 6.41. The maximum Gasteiger partial charge on any atom is 0.270 e. The van der Waals surface area contributed by atoms with Gasteiger partial charge in [-0.3, -0.25) is 40.2 Å². The van der Waals surface area contributed by atoms with E-state index in [2.05, 4.69) is 10.9 Å². The van der Waals surface area contributed by atoms with Crippen LogP contribution in [-0.4, -0.2) is 38.4 Å². The number of nitrogens with one attached hydrogen (secondary N) is 2. The molecule has 0 aliphatic carbocycles. The second kappa shape index (κ2) is 10.1. The van der Waals surface area contributed by atoms with Gasteiger partial charge >= 0.3 is 0 Å². The minimum Gasteiger partial charge on any atom is -0.292 e. The molecule has 12 heteroatoms. The fourth-order valence-corrected chi connectivity index (χ4v) is 3.96. The average molecular weight is 474 g/mol. The lowest BCUT2D eigenvalue weighted by Gasteiger charge is -2.14. The normalized spacial score (nSPS) is 14.5. The Morgan fingerprint density at radius 1 is 1.19 bits per heavy atom. The van der Waals surface area contributed by atoms with Gasteiger partial charge < -0.3 is 0 Å². The lowest BCUT2D eigenvalue weighted by Crippen LogP contribution is -2.43. The maximum atomic E-state index is 13.8. The Hall–Kier alpha value is -3.64. The number of nitrogens with zero attached hydrogens (tertiary/aromatic N) is 2. The fourth-order valence-electron chi connectivity index (χ4n) is 2.66. The first kappa shape index (κ1) is 23.0. The zero-order valence-corrected chi connectivity index (χ0v) is 17.9. The van der Waals surface area contributed by atoms with E-state index in [4.69, 9.17) is 12.2 Å².